The van der Waals surface area contributed by atoms with Crippen molar-refractivity contribution >= 4 is 38.8 Å². The van der Waals surface area contributed by atoms with Crippen molar-refractivity contribution in [3.8, 4) is 5.75 Å². The predicted octanol–water partition coefficient (Wildman–Crippen LogP) is 6.72. The molecule has 1 heterocycles. The molecule has 1 aromatic carbocycles. The van der Waals surface area contributed by atoms with Crippen LogP contribution in [0.1, 0.15) is 95.5 Å². The van der Waals surface area contributed by atoms with E-state index in [9.17, 15) is 9.59 Å². The van der Waals surface area contributed by atoms with E-state index < -0.39 is 29.8 Å². The van der Waals surface area contributed by atoms with Gasteiger partial charge in [0.2, 0.25) is 0 Å². The number of carbonyl (C=O) groups is 1. The second kappa shape index (κ2) is 12.6. The van der Waals surface area contributed by atoms with Crippen LogP contribution in [0.4, 0.5) is 4.39 Å². The summed E-state index contributed by atoms with van der Waals surface area (Å²) in [6.45, 7) is 8.49. The molecule has 0 spiro atoms. The molecule has 1 fully saturated rings. The molecule has 0 N–H and O–H groups in total. The number of ether oxygens (including phenoxy) is 2. The molecule has 1 aliphatic carbocycles. The zero-order chi connectivity index (χ0) is 25.6. The number of methoxy groups -OCH3 is 1. The molecule has 7 heteroatoms. The van der Waals surface area contributed by atoms with E-state index >= 15 is 4.39 Å². The van der Waals surface area contributed by atoms with Gasteiger partial charge in [-0.05, 0) is 0 Å². The van der Waals surface area contributed by atoms with Gasteiger partial charge in [0, 0.05) is 0 Å². The molecule has 3 rings (SSSR count). The van der Waals surface area contributed by atoms with Crippen molar-refractivity contribution in [2.75, 3.05) is 13.7 Å². The van der Waals surface area contributed by atoms with Crippen molar-refractivity contribution in [2.45, 2.75) is 98.4 Å². The van der Waals surface area contributed by atoms with Gasteiger partial charge in [0.25, 0.3) is 0 Å². The van der Waals surface area contributed by atoms with Gasteiger partial charge < -0.3 is 0 Å². The molecule has 1 aromatic heterocycles. The number of hydrogen-bond acceptors (Lipinski definition) is 4. The number of fused-ring (bicyclic) bond motifs is 1. The van der Waals surface area contributed by atoms with E-state index in [1.165, 1.54) is 6.07 Å². The molecule has 1 aliphatic rings. The number of halogens is 1. The van der Waals surface area contributed by atoms with Gasteiger partial charge in [-0.15, -0.1) is 0 Å². The van der Waals surface area contributed by atoms with Crippen molar-refractivity contribution in [1.82, 2.24) is 4.57 Å². The first-order chi connectivity index (χ1) is 16.9. The van der Waals surface area contributed by atoms with Crippen LogP contribution in [0.5, 0.6) is 5.75 Å². The molecular weight excluding hydrogens is 552 g/mol. The number of unbranched alkanes of at least 4 members (excludes halogenated alkanes) is 3. The Hall–Kier alpha value is -1.57. The Morgan fingerprint density at radius 2 is 1.63 bits per heavy atom. The fraction of sp³-hybridized carbons (Fsp3) is 0.643. The number of rotatable bonds is 14. The van der Waals surface area contributed by atoms with Crippen LogP contribution in [0.15, 0.2) is 17.1 Å². The average Bonchev–Trinajstić information content (AvgIpc) is 3.69. The Bertz CT molecular complexity index is 1070. The summed E-state index contributed by atoms with van der Waals surface area (Å²) in [5.74, 6) is -0.410. The molecule has 0 unspecified atom stereocenters. The summed E-state index contributed by atoms with van der Waals surface area (Å²) in [6, 6.07) is 1.59. The number of pyridine rings is 1. The Labute approximate surface area is 213 Å². The molecule has 0 atom stereocenters. The third-order valence-corrected chi connectivity index (χ3v) is 23.0. The molecule has 0 amide bonds. The van der Waals surface area contributed by atoms with Crippen LogP contribution in [0.3, 0.4) is 0 Å². The van der Waals surface area contributed by atoms with Crippen LogP contribution in [-0.2, 0) is 4.74 Å². The van der Waals surface area contributed by atoms with E-state index in [0.29, 0.717) is 11.3 Å². The van der Waals surface area contributed by atoms with E-state index in [4.69, 9.17) is 9.47 Å². The van der Waals surface area contributed by atoms with Crippen molar-refractivity contribution < 1.29 is 18.7 Å². The number of nitrogens with zero attached hydrogens (tertiary/aromatic N) is 1. The van der Waals surface area contributed by atoms with Crippen LogP contribution in [-0.4, -0.2) is 42.6 Å². The van der Waals surface area contributed by atoms with Crippen LogP contribution >= 0.6 is 0 Å². The van der Waals surface area contributed by atoms with Gasteiger partial charge in [0.15, 0.2) is 0 Å². The van der Waals surface area contributed by atoms with E-state index in [-0.39, 0.29) is 29.4 Å². The number of benzene rings is 1. The summed E-state index contributed by atoms with van der Waals surface area (Å²) in [4.78, 5) is 26.0. The van der Waals surface area contributed by atoms with Gasteiger partial charge in [-0.3, -0.25) is 0 Å². The number of carbonyl (C=O) groups excluding carboxylic acids is 1. The fourth-order valence-electron chi connectivity index (χ4n) is 5.44. The standard InChI is InChI=1S/C16H15FNO4.3C4H9.Sn/c1-3-22-16(20)12-8-18(10-4-5-10)14-11(15(12)19)6-9(17)7-13(14)21-2;3*1-3-4-2;/h6,8,10H,3-5H2,1-2H3;3*1,3-4H2,2H3;. The summed E-state index contributed by atoms with van der Waals surface area (Å²) in [5.41, 5.74) is 0.156. The summed E-state index contributed by atoms with van der Waals surface area (Å²) < 4.78 is 33.6. The molecule has 2 aromatic rings. The van der Waals surface area contributed by atoms with Gasteiger partial charge >= 0.3 is 214 Å². The maximum absolute atomic E-state index is 16.3. The topological polar surface area (TPSA) is 57.5 Å². The van der Waals surface area contributed by atoms with Gasteiger partial charge in [-0.1, -0.05) is 0 Å². The molecule has 1 saturated carbocycles. The number of hydrogen-bond donors (Lipinski definition) is 0. The van der Waals surface area contributed by atoms with Crippen molar-refractivity contribution in [3.63, 3.8) is 0 Å². The molecule has 5 nitrogen and oxygen atoms in total. The van der Waals surface area contributed by atoms with Crippen LogP contribution in [0.2, 0.25) is 13.3 Å². The van der Waals surface area contributed by atoms with Crippen molar-refractivity contribution in [1.29, 1.82) is 0 Å². The summed E-state index contributed by atoms with van der Waals surface area (Å²) in [6.07, 6.45) is 10.1. The van der Waals surface area contributed by atoms with E-state index in [1.54, 1.807) is 20.2 Å². The minimum absolute atomic E-state index is 0.0295. The molecule has 35 heavy (non-hydrogen) atoms. The zero-order valence-corrected chi connectivity index (χ0v) is 25.0. The molecular formula is C28H42FNO4Sn. The summed E-state index contributed by atoms with van der Waals surface area (Å²) in [5, 5.41) is 0.224. The Kier molecular flexibility index (Phi) is 10.1. The number of aromatic nitrogens is 1. The van der Waals surface area contributed by atoms with Gasteiger partial charge in [-0.2, -0.15) is 0 Å². The normalized spacial score (nSPS) is 13.9. The van der Waals surface area contributed by atoms with Crippen LogP contribution < -0.4 is 13.7 Å². The van der Waals surface area contributed by atoms with Gasteiger partial charge in [0.05, 0.1) is 0 Å². The molecule has 0 aliphatic heterocycles. The molecule has 0 bridgehead atoms. The fourth-order valence-corrected chi connectivity index (χ4v) is 22.2. The first-order valence-corrected chi connectivity index (χ1v) is 21.0. The average molecular weight is 594 g/mol. The Morgan fingerprint density at radius 1 is 1.06 bits per heavy atom. The first kappa shape index (κ1) is 28.0. The summed E-state index contributed by atoms with van der Waals surface area (Å²) in [7, 11) is 1.61. The maximum atomic E-state index is 16.3. The van der Waals surface area contributed by atoms with Crippen molar-refractivity contribution in [2.24, 2.45) is 0 Å². The van der Waals surface area contributed by atoms with Gasteiger partial charge in [-0.25, -0.2) is 0 Å². The second-order valence-electron chi connectivity index (χ2n) is 9.98. The monoisotopic (exact) mass is 595 g/mol. The summed E-state index contributed by atoms with van der Waals surface area (Å²) >= 11 is -3.25. The molecule has 194 valence electrons. The van der Waals surface area contributed by atoms with Gasteiger partial charge in [0.1, 0.15) is 0 Å². The zero-order valence-electron chi connectivity index (χ0n) is 22.2. The number of esters is 1. The Balaban J connectivity index is 2.38. The van der Waals surface area contributed by atoms with Crippen LogP contribution in [0, 0.1) is 5.82 Å². The van der Waals surface area contributed by atoms with E-state index in [0.717, 1.165) is 68.3 Å². The van der Waals surface area contributed by atoms with Crippen molar-refractivity contribution in [3.05, 3.63) is 33.9 Å². The van der Waals surface area contributed by atoms with E-state index in [1.807, 2.05) is 4.57 Å². The quantitative estimate of drug-likeness (QED) is 0.180. The SMILES string of the molecule is CCC[CH2][Sn]([CH2]CCC)([CH2]CCC)[c]1c(F)cc2c(=O)c(C(=O)OCC)cn(C3CC3)c2c1OC. The third kappa shape index (κ3) is 5.89. The first-order valence-electron chi connectivity index (χ1n) is 13.5. The minimum atomic E-state index is -3.25. The predicted molar refractivity (Wildman–Crippen MR) is 143 cm³/mol. The van der Waals surface area contributed by atoms with E-state index in [2.05, 4.69) is 20.8 Å². The van der Waals surface area contributed by atoms with Crippen LogP contribution in [0.25, 0.3) is 10.9 Å². The third-order valence-electron chi connectivity index (χ3n) is 7.42. The molecule has 0 saturated heterocycles. The molecule has 0 radical (unpaired) electrons. The Morgan fingerprint density at radius 3 is 2.09 bits per heavy atom. The second-order valence-corrected chi connectivity index (χ2v) is 23.0.